The first-order chi connectivity index (χ1) is 8.33. The molecule has 0 aliphatic carbocycles. The molecule has 0 unspecified atom stereocenters. The van der Waals surface area contributed by atoms with Crippen molar-refractivity contribution in [3.05, 3.63) is 36.0 Å². The van der Waals surface area contributed by atoms with Crippen LogP contribution in [0.3, 0.4) is 0 Å². The summed E-state index contributed by atoms with van der Waals surface area (Å²) in [6.07, 6.45) is 2.12. The lowest BCUT2D eigenvalue weighted by Gasteiger charge is -2.01. The third-order valence-electron chi connectivity index (χ3n) is 2.88. The normalized spacial score (nSPS) is 19.7. The van der Waals surface area contributed by atoms with Gasteiger partial charge in [-0.3, -0.25) is 0 Å². The maximum Gasteiger partial charge on any atom is 0.244 e. The maximum absolute atomic E-state index is 13.1. The molecule has 1 saturated heterocycles. The molecule has 3 rings (SSSR count). The molecule has 5 heteroatoms. The highest BCUT2D eigenvalue weighted by Crippen LogP contribution is 2.24. The molecule has 1 aliphatic rings. The Morgan fingerprint density at radius 3 is 3.12 bits per heavy atom. The number of rotatable bonds is 2. The third kappa shape index (κ3) is 2.06. The zero-order valence-corrected chi connectivity index (χ0v) is 9.19. The Kier molecular flexibility index (Phi) is 2.60. The summed E-state index contributed by atoms with van der Waals surface area (Å²) in [6.45, 7) is 0.975. The van der Waals surface area contributed by atoms with Crippen LogP contribution in [0.2, 0.25) is 0 Å². The van der Waals surface area contributed by atoms with E-state index in [0.29, 0.717) is 17.3 Å². The van der Waals surface area contributed by atoms with Crippen LogP contribution in [0.25, 0.3) is 11.4 Å². The average molecular weight is 233 g/mol. The topological polar surface area (TPSA) is 51.0 Å². The van der Waals surface area contributed by atoms with Gasteiger partial charge in [0, 0.05) is 5.56 Å². The van der Waals surface area contributed by atoms with E-state index >= 15 is 0 Å². The zero-order chi connectivity index (χ0) is 11.7. The van der Waals surface area contributed by atoms with E-state index in [1.807, 2.05) is 0 Å². The van der Waals surface area contributed by atoms with E-state index in [2.05, 4.69) is 15.5 Å². The van der Waals surface area contributed by atoms with Gasteiger partial charge in [-0.25, -0.2) is 4.39 Å². The molecule has 1 fully saturated rings. The van der Waals surface area contributed by atoms with E-state index in [0.717, 1.165) is 19.4 Å². The number of aromatic nitrogens is 2. The van der Waals surface area contributed by atoms with Gasteiger partial charge < -0.3 is 9.84 Å². The van der Waals surface area contributed by atoms with Crippen molar-refractivity contribution in [1.29, 1.82) is 0 Å². The van der Waals surface area contributed by atoms with Gasteiger partial charge in [0.15, 0.2) is 0 Å². The second-order valence-corrected chi connectivity index (χ2v) is 4.12. The summed E-state index contributed by atoms with van der Waals surface area (Å²) in [5.74, 6) is 0.725. The summed E-state index contributed by atoms with van der Waals surface area (Å²) in [7, 11) is 0. The molecule has 2 heterocycles. The molecule has 4 nitrogen and oxygen atoms in total. The number of hydrogen-bond donors (Lipinski definition) is 1. The van der Waals surface area contributed by atoms with Gasteiger partial charge in [-0.2, -0.15) is 4.98 Å². The first-order valence-electron chi connectivity index (χ1n) is 5.66. The Balaban J connectivity index is 1.89. The molecule has 1 aromatic carbocycles. The van der Waals surface area contributed by atoms with Gasteiger partial charge in [-0.15, -0.1) is 0 Å². The van der Waals surface area contributed by atoms with Gasteiger partial charge in [0.1, 0.15) is 5.82 Å². The lowest BCUT2D eigenvalue weighted by atomic mass is 10.2. The second kappa shape index (κ2) is 4.25. The maximum atomic E-state index is 13.1. The van der Waals surface area contributed by atoms with Crippen molar-refractivity contribution in [1.82, 2.24) is 15.5 Å². The molecule has 0 saturated carbocycles. The second-order valence-electron chi connectivity index (χ2n) is 4.12. The monoisotopic (exact) mass is 233 g/mol. The van der Waals surface area contributed by atoms with Gasteiger partial charge in [0.05, 0.1) is 6.04 Å². The average Bonchev–Trinajstić information content (AvgIpc) is 3.00. The molecule has 0 bridgehead atoms. The zero-order valence-electron chi connectivity index (χ0n) is 9.19. The molecule has 0 amide bonds. The molecule has 1 atom stereocenters. The Labute approximate surface area is 97.8 Å². The summed E-state index contributed by atoms with van der Waals surface area (Å²) in [4.78, 5) is 4.30. The summed E-state index contributed by atoms with van der Waals surface area (Å²) < 4.78 is 18.3. The standard InChI is InChI=1S/C12H12FN3O/c13-9-4-1-3-8(7-9)11-15-12(17-16-11)10-5-2-6-14-10/h1,3-4,7,10,14H,2,5-6H2/t10-/m0/s1. The number of hydrogen-bond acceptors (Lipinski definition) is 4. The van der Waals surface area contributed by atoms with Crippen molar-refractivity contribution in [2.75, 3.05) is 6.54 Å². The molecule has 1 aromatic heterocycles. The fourth-order valence-electron chi connectivity index (χ4n) is 2.02. The van der Waals surface area contributed by atoms with Gasteiger partial charge >= 0.3 is 0 Å². The fourth-order valence-corrected chi connectivity index (χ4v) is 2.02. The highest BCUT2D eigenvalue weighted by Gasteiger charge is 2.22. The Bertz CT molecular complexity index is 520. The quantitative estimate of drug-likeness (QED) is 0.864. The smallest absolute Gasteiger partial charge is 0.244 e. The number of benzene rings is 1. The van der Waals surface area contributed by atoms with Crippen LogP contribution < -0.4 is 5.32 Å². The Morgan fingerprint density at radius 1 is 1.41 bits per heavy atom. The SMILES string of the molecule is Fc1cccc(-c2noc([C@@H]3CCCN3)n2)c1. The minimum atomic E-state index is -0.298. The predicted molar refractivity (Wildman–Crippen MR) is 59.7 cm³/mol. The van der Waals surface area contributed by atoms with Crippen LogP contribution in [0.4, 0.5) is 4.39 Å². The highest BCUT2D eigenvalue weighted by atomic mass is 19.1. The van der Waals surface area contributed by atoms with Crippen molar-refractivity contribution < 1.29 is 8.91 Å². The summed E-state index contributed by atoms with van der Waals surface area (Å²) in [6, 6.07) is 6.33. The number of halogens is 1. The molecule has 2 aromatic rings. The van der Waals surface area contributed by atoms with Crippen LogP contribution in [0.15, 0.2) is 28.8 Å². The van der Waals surface area contributed by atoms with Crippen LogP contribution >= 0.6 is 0 Å². The minimum absolute atomic E-state index is 0.143. The molecular weight excluding hydrogens is 221 g/mol. The molecule has 1 N–H and O–H groups in total. The van der Waals surface area contributed by atoms with Gasteiger partial charge in [0.25, 0.3) is 0 Å². The molecular formula is C12H12FN3O. The van der Waals surface area contributed by atoms with Crippen molar-refractivity contribution in [3.8, 4) is 11.4 Å². The minimum Gasteiger partial charge on any atom is -0.337 e. The molecule has 0 radical (unpaired) electrons. The lowest BCUT2D eigenvalue weighted by Crippen LogP contribution is -2.12. The fraction of sp³-hybridized carbons (Fsp3) is 0.333. The van der Waals surface area contributed by atoms with Crippen molar-refractivity contribution in [3.63, 3.8) is 0 Å². The molecule has 17 heavy (non-hydrogen) atoms. The van der Waals surface area contributed by atoms with Crippen molar-refractivity contribution in [2.45, 2.75) is 18.9 Å². The van der Waals surface area contributed by atoms with Crippen LogP contribution in [0.1, 0.15) is 24.8 Å². The Morgan fingerprint density at radius 2 is 2.35 bits per heavy atom. The van der Waals surface area contributed by atoms with Crippen molar-refractivity contribution in [2.24, 2.45) is 0 Å². The molecule has 88 valence electrons. The van der Waals surface area contributed by atoms with Gasteiger partial charge in [-0.1, -0.05) is 17.3 Å². The van der Waals surface area contributed by atoms with E-state index in [9.17, 15) is 4.39 Å². The van der Waals surface area contributed by atoms with Crippen LogP contribution in [0, 0.1) is 5.82 Å². The van der Waals surface area contributed by atoms with Crippen LogP contribution in [0.5, 0.6) is 0 Å². The third-order valence-corrected chi connectivity index (χ3v) is 2.88. The summed E-state index contributed by atoms with van der Waals surface area (Å²) in [5, 5.41) is 7.16. The van der Waals surface area contributed by atoms with Crippen LogP contribution in [-0.2, 0) is 0 Å². The summed E-state index contributed by atoms with van der Waals surface area (Å²) in [5.41, 5.74) is 0.637. The largest absolute Gasteiger partial charge is 0.337 e. The van der Waals surface area contributed by atoms with E-state index in [-0.39, 0.29) is 11.9 Å². The number of nitrogens with one attached hydrogen (secondary N) is 1. The highest BCUT2D eigenvalue weighted by molar-refractivity contribution is 5.53. The number of nitrogens with zero attached hydrogens (tertiary/aromatic N) is 2. The van der Waals surface area contributed by atoms with E-state index in [1.165, 1.54) is 12.1 Å². The van der Waals surface area contributed by atoms with Crippen LogP contribution in [-0.4, -0.2) is 16.7 Å². The van der Waals surface area contributed by atoms with E-state index < -0.39 is 0 Å². The summed E-state index contributed by atoms with van der Waals surface area (Å²) >= 11 is 0. The van der Waals surface area contributed by atoms with E-state index in [4.69, 9.17) is 4.52 Å². The van der Waals surface area contributed by atoms with Crippen molar-refractivity contribution >= 4 is 0 Å². The molecule has 0 spiro atoms. The lowest BCUT2D eigenvalue weighted by molar-refractivity contribution is 0.345. The van der Waals surface area contributed by atoms with Gasteiger partial charge in [-0.05, 0) is 31.5 Å². The van der Waals surface area contributed by atoms with Gasteiger partial charge in [0.2, 0.25) is 11.7 Å². The first-order valence-corrected chi connectivity index (χ1v) is 5.66. The van der Waals surface area contributed by atoms with E-state index in [1.54, 1.807) is 12.1 Å². The Hall–Kier alpha value is -1.75. The predicted octanol–water partition coefficient (Wildman–Crippen LogP) is 2.30. The molecule has 1 aliphatic heterocycles. The first kappa shape index (κ1) is 10.4.